The van der Waals surface area contributed by atoms with Crippen LogP contribution in [-0.2, 0) is 12.8 Å². The number of rotatable bonds is 7. The van der Waals surface area contributed by atoms with Crippen molar-refractivity contribution >= 4 is 17.1 Å². The lowest BCUT2D eigenvalue weighted by atomic mass is 9.81. The SMILES string of the molecule is CCCCc1ccc(-c2csc(-c3cc4c([nH]c3=O)C[C@@H](c3ccc(OC)cc3)CC4=O)n2)cc1. The summed E-state index contributed by atoms with van der Waals surface area (Å²) in [5.74, 6) is 0.864. The summed E-state index contributed by atoms with van der Waals surface area (Å²) in [4.78, 5) is 33.8. The van der Waals surface area contributed by atoms with Crippen LogP contribution in [0.2, 0.25) is 0 Å². The Bertz CT molecular complexity index is 1400. The van der Waals surface area contributed by atoms with Crippen molar-refractivity contribution in [3.63, 3.8) is 0 Å². The number of aromatic nitrogens is 2. The van der Waals surface area contributed by atoms with Gasteiger partial charge in [-0.1, -0.05) is 49.7 Å². The number of aryl methyl sites for hydroxylation is 1. The maximum atomic E-state index is 13.1. The molecule has 1 aliphatic carbocycles. The number of Topliss-reactive ketones (excluding diaryl/α,β-unsaturated/α-hetero) is 1. The summed E-state index contributed by atoms with van der Waals surface area (Å²) >= 11 is 1.43. The number of pyridine rings is 1. The molecular weight excluding hydrogens is 456 g/mol. The number of nitrogens with one attached hydrogen (secondary N) is 1. The van der Waals surface area contributed by atoms with Gasteiger partial charge in [0.15, 0.2) is 5.78 Å². The molecule has 1 atom stereocenters. The van der Waals surface area contributed by atoms with Crippen LogP contribution in [0.25, 0.3) is 21.8 Å². The molecule has 35 heavy (non-hydrogen) atoms. The first-order valence-electron chi connectivity index (χ1n) is 12.0. The summed E-state index contributed by atoms with van der Waals surface area (Å²) in [5.41, 5.74) is 5.81. The number of benzene rings is 2. The van der Waals surface area contributed by atoms with Gasteiger partial charge in [-0.2, -0.15) is 0 Å². The first-order chi connectivity index (χ1) is 17.1. The summed E-state index contributed by atoms with van der Waals surface area (Å²) in [6.07, 6.45) is 4.48. The van der Waals surface area contributed by atoms with Gasteiger partial charge in [-0.05, 0) is 54.5 Å². The molecule has 6 heteroatoms. The topological polar surface area (TPSA) is 72.1 Å². The molecule has 0 fully saturated rings. The van der Waals surface area contributed by atoms with Crippen molar-refractivity contribution in [2.75, 3.05) is 7.11 Å². The average Bonchev–Trinajstić information content (AvgIpc) is 3.37. The Balaban J connectivity index is 1.39. The van der Waals surface area contributed by atoms with Crippen LogP contribution in [0, 0.1) is 0 Å². The standard InChI is InChI=1S/C29H28N2O3S/c1-3-4-5-18-6-8-20(9-7-18)26-17-35-29(31-26)24-16-23-25(30-28(24)33)14-21(15-27(23)32)19-10-12-22(34-2)13-11-19/h6-13,16-17,21H,3-5,14-15H2,1-2H3,(H,30,33)/t21-/m1/s1. The Morgan fingerprint density at radius 3 is 2.51 bits per heavy atom. The molecule has 5 rings (SSSR count). The number of ketones is 1. The average molecular weight is 485 g/mol. The van der Waals surface area contributed by atoms with Crippen molar-refractivity contribution in [1.29, 1.82) is 0 Å². The monoisotopic (exact) mass is 484 g/mol. The van der Waals surface area contributed by atoms with Gasteiger partial charge in [-0.3, -0.25) is 9.59 Å². The van der Waals surface area contributed by atoms with Crippen LogP contribution in [0.3, 0.4) is 0 Å². The van der Waals surface area contributed by atoms with E-state index in [9.17, 15) is 9.59 Å². The molecule has 0 radical (unpaired) electrons. The molecule has 1 N–H and O–H groups in total. The Morgan fingerprint density at radius 1 is 1.03 bits per heavy atom. The van der Waals surface area contributed by atoms with Crippen molar-refractivity contribution in [3.05, 3.63) is 92.7 Å². The van der Waals surface area contributed by atoms with Gasteiger partial charge in [0.2, 0.25) is 0 Å². The molecule has 2 heterocycles. The fourth-order valence-electron chi connectivity index (χ4n) is 4.65. The summed E-state index contributed by atoms with van der Waals surface area (Å²) in [5, 5.41) is 2.60. The van der Waals surface area contributed by atoms with Crippen LogP contribution in [0.1, 0.15) is 59.3 Å². The minimum Gasteiger partial charge on any atom is -0.497 e. The molecule has 178 valence electrons. The van der Waals surface area contributed by atoms with E-state index in [1.807, 2.05) is 29.6 Å². The highest BCUT2D eigenvalue weighted by atomic mass is 32.1. The zero-order chi connectivity index (χ0) is 24.4. The van der Waals surface area contributed by atoms with E-state index >= 15 is 0 Å². The first kappa shape index (κ1) is 23.2. The van der Waals surface area contributed by atoms with Gasteiger partial charge >= 0.3 is 0 Å². The van der Waals surface area contributed by atoms with E-state index in [-0.39, 0.29) is 17.3 Å². The molecule has 5 nitrogen and oxygen atoms in total. The maximum Gasteiger partial charge on any atom is 0.258 e. The quantitative estimate of drug-likeness (QED) is 0.328. The van der Waals surface area contributed by atoms with Crippen molar-refractivity contribution < 1.29 is 9.53 Å². The number of carbonyl (C=O) groups is 1. The number of H-pyrrole nitrogens is 1. The lowest BCUT2D eigenvalue weighted by Crippen LogP contribution is -2.24. The predicted molar refractivity (Wildman–Crippen MR) is 141 cm³/mol. The van der Waals surface area contributed by atoms with Crippen LogP contribution in [0.4, 0.5) is 0 Å². The molecule has 4 aromatic rings. The number of hydrogen-bond donors (Lipinski definition) is 1. The Hall–Kier alpha value is -3.51. The van der Waals surface area contributed by atoms with E-state index in [4.69, 9.17) is 9.72 Å². The van der Waals surface area contributed by atoms with Gasteiger partial charge in [0.05, 0.1) is 18.4 Å². The highest BCUT2D eigenvalue weighted by Gasteiger charge is 2.28. The molecule has 0 spiro atoms. The third kappa shape index (κ3) is 4.84. The molecular formula is C29H28N2O3S. The number of thiazole rings is 1. The second kappa shape index (κ2) is 10.0. The number of ether oxygens (including phenoxy) is 1. The van der Waals surface area contributed by atoms with Crippen molar-refractivity contribution in [1.82, 2.24) is 9.97 Å². The molecule has 0 bridgehead atoms. The molecule has 1 aliphatic rings. The fourth-order valence-corrected chi connectivity index (χ4v) is 5.50. The van der Waals surface area contributed by atoms with Crippen LogP contribution in [-0.4, -0.2) is 22.9 Å². The van der Waals surface area contributed by atoms with E-state index in [1.54, 1.807) is 13.2 Å². The minimum absolute atomic E-state index is 0.0363. The molecule has 2 aromatic heterocycles. The first-order valence-corrected chi connectivity index (χ1v) is 12.9. The zero-order valence-corrected chi connectivity index (χ0v) is 20.8. The third-order valence-corrected chi connectivity index (χ3v) is 7.57. The van der Waals surface area contributed by atoms with Crippen LogP contribution < -0.4 is 10.3 Å². The Morgan fingerprint density at radius 2 is 1.80 bits per heavy atom. The molecule has 0 saturated heterocycles. The molecule has 0 amide bonds. The second-order valence-electron chi connectivity index (χ2n) is 9.04. The number of carbonyl (C=O) groups excluding carboxylic acids is 1. The molecule has 0 saturated carbocycles. The highest BCUT2D eigenvalue weighted by Crippen LogP contribution is 2.34. The lowest BCUT2D eigenvalue weighted by molar-refractivity contribution is 0.0963. The number of unbranched alkanes of at least 4 members (excludes halogenated alkanes) is 1. The van der Waals surface area contributed by atoms with E-state index in [0.29, 0.717) is 34.7 Å². The number of hydrogen-bond acceptors (Lipinski definition) is 5. The maximum absolute atomic E-state index is 13.1. The second-order valence-corrected chi connectivity index (χ2v) is 9.90. The highest BCUT2D eigenvalue weighted by molar-refractivity contribution is 7.13. The fraction of sp³-hybridized carbons (Fsp3) is 0.276. The number of nitrogens with zero attached hydrogens (tertiary/aromatic N) is 1. The summed E-state index contributed by atoms with van der Waals surface area (Å²) < 4.78 is 5.23. The van der Waals surface area contributed by atoms with E-state index < -0.39 is 0 Å². The summed E-state index contributed by atoms with van der Waals surface area (Å²) in [7, 11) is 1.63. The number of fused-ring (bicyclic) bond motifs is 1. The Kier molecular flexibility index (Phi) is 6.64. The number of aromatic amines is 1. The van der Waals surface area contributed by atoms with Gasteiger partial charge in [-0.25, -0.2) is 4.98 Å². The summed E-state index contributed by atoms with van der Waals surface area (Å²) in [6, 6.07) is 18.0. The van der Waals surface area contributed by atoms with Gasteiger partial charge < -0.3 is 9.72 Å². The van der Waals surface area contributed by atoms with Crippen molar-refractivity contribution in [2.24, 2.45) is 0 Å². The number of methoxy groups -OCH3 is 1. The van der Waals surface area contributed by atoms with E-state index in [2.05, 4.69) is 36.2 Å². The van der Waals surface area contributed by atoms with Crippen molar-refractivity contribution in [2.45, 2.75) is 44.9 Å². The summed E-state index contributed by atoms with van der Waals surface area (Å²) in [6.45, 7) is 2.19. The van der Waals surface area contributed by atoms with Gasteiger partial charge in [0, 0.05) is 28.6 Å². The molecule has 2 aromatic carbocycles. The molecule has 0 aliphatic heterocycles. The minimum atomic E-state index is -0.206. The largest absolute Gasteiger partial charge is 0.497 e. The predicted octanol–water partition coefficient (Wildman–Crippen LogP) is 6.43. The zero-order valence-electron chi connectivity index (χ0n) is 20.0. The smallest absolute Gasteiger partial charge is 0.258 e. The van der Waals surface area contributed by atoms with Gasteiger partial charge in [0.25, 0.3) is 5.56 Å². The van der Waals surface area contributed by atoms with Crippen LogP contribution in [0.15, 0.2) is 64.8 Å². The normalized spacial score (nSPS) is 15.1. The third-order valence-electron chi connectivity index (χ3n) is 6.70. The van der Waals surface area contributed by atoms with Crippen molar-refractivity contribution in [3.8, 4) is 27.6 Å². The lowest BCUT2D eigenvalue weighted by Gasteiger charge is -2.24. The Labute approximate surface area is 208 Å². The van der Waals surface area contributed by atoms with Crippen LogP contribution in [0.5, 0.6) is 5.75 Å². The van der Waals surface area contributed by atoms with E-state index in [0.717, 1.165) is 29.0 Å². The molecule has 0 unspecified atom stereocenters. The van der Waals surface area contributed by atoms with Gasteiger partial charge in [0.1, 0.15) is 10.8 Å². The van der Waals surface area contributed by atoms with Gasteiger partial charge in [-0.15, -0.1) is 11.3 Å². The van der Waals surface area contributed by atoms with E-state index in [1.165, 1.54) is 29.7 Å². The van der Waals surface area contributed by atoms with Crippen LogP contribution >= 0.6 is 11.3 Å².